The fourth-order valence-electron chi connectivity index (χ4n) is 2.13. The number of rotatable bonds is 3. The van der Waals surface area contributed by atoms with E-state index in [-0.39, 0.29) is 0 Å². The Morgan fingerprint density at radius 2 is 2.20 bits per heavy atom. The van der Waals surface area contributed by atoms with Gasteiger partial charge in [0.25, 0.3) is 0 Å². The number of esters is 1. The van der Waals surface area contributed by atoms with E-state index in [1.807, 2.05) is 0 Å². The normalized spacial score (nSPS) is 38.6. The molecule has 1 N–H and O–H groups in total. The van der Waals surface area contributed by atoms with Crippen molar-refractivity contribution in [2.75, 3.05) is 6.54 Å². The van der Waals surface area contributed by atoms with Gasteiger partial charge in [0.2, 0.25) is 0 Å². The van der Waals surface area contributed by atoms with Gasteiger partial charge in [-0.1, -0.05) is 6.92 Å². The topological polar surface area (TPSA) is 38.3 Å². The van der Waals surface area contributed by atoms with Gasteiger partial charge in [-0.05, 0) is 18.8 Å². The molecule has 15 heavy (non-hydrogen) atoms. The predicted molar refractivity (Wildman–Crippen MR) is 49.6 cm³/mol. The summed E-state index contributed by atoms with van der Waals surface area (Å²) in [5, 5.41) is 3.14. The fourth-order valence-corrected chi connectivity index (χ4v) is 2.13. The summed E-state index contributed by atoms with van der Waals surface area (Å²) in [5.74, 6) is -3.94. The van der Waals surface area contributed by atoms with E-state index >= 15 is 0 Å². The molecule has 1 heterocycles. The lowest BCUT2D eigenvalue weighted by Crippen LogP contribution is -2.43. The van der Waals surface area contributed by atoms with Crippen molar-refractivity contribution in [3.63, 3.8) is 0 Å². The van der Waals surface area contributed by atoms with Crippen LogP contribution >= 0.6 is 0 Å². The molecule has 2 fully saturated rings. The Labute approximate surface area is 87.2 Å². The van der Waals surface area contributed by atoms with Crippen molar-refractivity contribution in [1.82, 2.24) is 5.32 Å². The number of hydrogen-bond acceptors (Lipinski definition) is 3. The van der Waals surface area contributed by atoms with E-state index in [4.69, 9.17) is 0 Å². The zero-order valence-corrected chi connectivity index (χ0v) is 8.63. The Balaban J connectivity index is 1.71. The minimum absolute atomic E-state index is 0.346. The molecule has 0 aromatic carbocycles. The van der Waals surface area contributed by atoms with Gasteiger partial charge in [-0.25, -0.2) is 4.79 Å². The first-order valence-electron chi connectivity index (χ1n) is 5.29. The molecule has 1 aliphatic carbocycles. The van der Waals surface area contributed by atoms with Crippen LogP contribution < -0.4 is 5.32 Å². The van der Waals surface area contributed by atoms with Gasteiger partial charge in [0, 0.05) is 12.6 Å². The Morgan fingerprint density at radius 3 is 2.67 bits per heavy atom. The number of carbonyl (C=O) groups is 1. The van der Waals surface area contributed by atoms with E-state index in [1.165, 1.54) is 0 Å². The van der Waals surface area contributed by atoms with Gasteiger partial charge in [-0.15, -0.1) is 0 Å². The molecule has 3 nitrogen and oxygen atoms in total. The molecule has 5 heteroatoms. The van der Waals surface area contributed by atoms with E-state index in [0.717, 1.165) is 18.8 Å². The van der Waals surface area contributed by atoms with Crippen molar-refractivity contribution in [3.05, 3.63) is 0 Å². The van der Waals surface area contributed by atoms with Gasteiger partial charge in [0.15, 0.2) is 0 Å². The summed E-state index contributed by atoms with van der Waals surface area (Å²) in [6.07, 6.45) is 1.01. The molecule has 1 saturated heterocycles. The monoisotopic (exact) mass is 219 g/mol. The summed E-state index contributed by atoms with van der Waals surface area (Å²) in [6, 6.07) is 0.410. The highest BCUT2D eigenvalue weighted by atomic mass is 19.3. The second-order valence-corrected chi connectivity index (χ2v) is 4.62. The smallest absolute Gasteiger partial charge is 0.377 e. The molecule has 2 rings (SSSR count). The van der Waals surface area contributed by atoms with Crippen LogP contribution in [-0.4, -0.2) is 30.6 Å². The molecular formula is C10H15F2NO2. The second kappa shape index (κ2) is 3.70. The van der Waals surface area contributed by atoms with Crippen molar-refractivity contribution in [3.8, 4) is 0 Å². The molecule has 0 aromatic rings. The van der Waals surface area contributed by atoms with Crippen LogP contribution in [0.4, 0.5) is 8.78 Å². The standard InChI is InChI=1S/C10H15F2NO2/c1-6-2-7(3-6)13-5-8-4-10(11,12)9(14)15-8/h6-8,13H,2-5H2,1H3. The lowest BCUT2D eigenvalue weighted by atomic mass is 9.82. The largest absolute Gasteiger partial charge is 0.456 e. The second-order valence-electron chi connectivity index (χ2n) is 4.62. The predicted octanol–water partition coefficient (Wildman–Crippen LogP) is 1.33. The minimum atomic E-state index is -3.28. The molecule has 0 aromatic heterocycles. The maximum absolute atomic E-state index is 12.8. The molecule has 0 radical (unpaired) electrons. The van der Waals surface area contributed by atoms with Crippen molar-refractivity contribution < 1.29 is 18.3 Å². The lowest BCUT2D eigenvalue weighted by Gasteiger charge is -2.34. The lowest BCUT2D eigenvalue weighted by molar-refractivity contribution is -0.159. The number of halogens is 2. The summed E-state index contributed by atoms with van der Waals surface area (Å²) in [6.45, 7) is 2.50. The molecule has 1 unspecified atom stereocenters. The number of hydrogen-bond donors (Lipinski definition) is 1. The van der Waals surface area contributed by atoms with Crippen LogP contribution in [0.25, 0.3) is 0 Å². The zero-order valence-electron chi connectivity index (χ0n) is 8.63. The number of cyclic esters (lactones) is 1. The highest BCUT2D eigenvalue weighted by Gasteiger charge is 2.50. The third kappa shape index (κ3) is 2.27. The highest BCUT2D eigenvalue weighted by molar-refractivity contribution is 5.79. The van der Waals surface area contributed by atoms with Crippen molar-refractivity contribution in [2.45, 2.75) is 44.3 Å². The molecule has 1 aliphatic heterocycles. The Morgan fingerprint density at radius 1 is 1.53 bits per heavy atom. The fraction of sp³-hybridized carbons (Fsp3) is 0.900. The van der Waals surface area contributed by atoms with Gasteiger partial charge in [-0.3, -0.25) is 0 Å². The molecule has 1 saturated carbocycles. The van der Waals surface area contributed by atoms with E-state index in [9.17, 15) is 13.6 Å². The van der Waals surface area contributed by atoms with Crippen LogP contribution in [0, 0.1) is 5.92 Å². The van der Waals surface area contributed by atoms with Gasteiger partial charge >= 0.3 is 11.9 Å². The number of ether oxygens (including phenoxy) is 1. The van der Waals surface area contributed by atoms with E-state index in [0.29, 0.717) is 12.6 Å². The molecule has 0 bridgehead atoms. The van der Waals surface area contributed by atoms with E-state index in [2.05, 4.69) is 17.0 Å². The molecule has 2 aliphatic rings. The minimum Gasteiger partial charge on any atom is -0.456 e. The molecule has 1 atom stereocenters. The van der Waals surface area contributed by atoms with Crippen LogP contribution in [0.1, 0.15) is 26.2 Å². The third-order valence-corrected chi connectivity index (χ3v) is 3.06. The third-order valence-electron chi connectivity index (χ3n) is 3.06. The Hall–Kier alpha value is -0.710. The van der Waals surface area contributed by atoms with Crippen LogP contribution in [0.5, 0.6) is 0 Å². The maximum Gasteiger partial charge on any atom is 0.377 e. The summed E-state index contributed by atoms with van der Waals surface area (Å²) in [5.41, 5.74) is 0. The summed E-state index contributed by atoms with van der Waals surface area (Å²) >= 11 is 0. The van der Waals surface area contributed by atoms with Gasteiger partial charge in [-0.2, -0.15) is 8.78 Å². The SMILES string of the molecule is CC1CC(NCC2CC(F)(F)C(=O)O2)C1. The molecule has 86 valence electrons. The van der Waals surface area contributed by atoms with Crippen molar-refractivity contribution in [2.24, 2.45) is 5.92 Å². The molecule has 0 spiro atoms. The van der Waals surface area contributed by atoms with Gasteiger partial charge in [0.05, 0.1) is 6.42 Å². The summed E-state index contributed by atoms with van der Waals surface area (Å²) in [7, 11) is 0. The number of nitrogens with one attached hydrogen (secondary N) is 1. The van der Waals surface area contributed by atoms with Crippen molar-refractivity contribution in [1.29, 1.82) is 0 Å². The van der Waals surface area contributed by atoms with Crippen LogP contribution in [0.3, 0.4) is 0 Å². The highest BCUT2D eigenvalue weighted by Crippen LogP contribution is 2.31. The molecular weight excluding hydrogens is 204 g/mol. The Bertz CT molecular complexity index is 264. The van der Waals surface area contributed by atoms with Crippen molar-refractivity contribution >= 4 is 5.97 Å². The Kier molecular flexibility index (Phi) is 2.66. The zero-order chi connectivity index (χ0) is 11.1. The van der Waals surface area contributed by atoms with E-state index < -0.39 is 24.4 Å². The quantitative estimate of drug-likeness (QED) is 0.728. The summed E-state index contributed by atoms with van der Waals surface area (Å²) < 4.78 is 30.1. The van der Waals surface area contributed by atoms with Gasteiger partial charge in [0.1, 0.15) is 6.10 Å². The maximum atomic E-state index is 12.8. The number of alkyl halides is 2. The first kappa shape index (κ1) is 10.8. The average Bonchev–Trinajstić information content (AvgIpc) is 2.33. The average molecular weight is 219 g/mol. The first-order chi connectivity index (χ1) is 6.97. The van der Waals surface area contributed by atoms with Crippen LogP contribution in [-0.2, 0) is 9.53 Å². The number of carbonyl (C=O) groups excluding carboxylic acids is 1. The van der Waals surface area contributed by atoms with E-state index in [1.54, 1.807) is 0 Å². The van der Waals surface area contributed by atoms with Gasteiger partial charge < -0.3 is 10.1 Å². The molecule has 0 amide bonds. The van der Waals surface area contributed by atoms with Crippen LogP contribution in [0.15, 0.2) is 0 Å². The van der Waals surface area contributed by atoms with Crippen LogP contribution in [0.2, 0.25) is 0 Å². The first-order valence-corrected chi connectivity index (χ1v) is 5.29. The summed E-state index contributed by atoms with van der Waals surface area (Å²) in [4.78, 5) is 10.7.